The van der Waals surface area contributed by atoms with Crippen LogP contribution >= 0.6 is 0 Å². The number of benzene rings is 2. The second-order valence-electron chi connectivity index (χ2n) is 5.96. The number of nitrogens with one attached hydrogen (secondary N) is 1. The van der Waals surface area contributed by atoms with Crippen molar-refractivity contribution >= 4 is 27.6 Å². The Morgan fingerprint density at radius 1 is 1.07 bits per heavy atom. The van der Waals surface area contributed by atoms with Crippen LogP contribution in [0.15, 0.2) is 59.5 Å². The zero-order chi connectivity index (χ0) is 20.6. The number of esters is 1. The summed E-state index contributed by atoms with van der Waals surface area (Å²) in [5.74, 6) is -0.321. The number of carbonyl (C=O) groups excluding carboxylic acids is 2. The predicted molar refractivity (Wildman–Crippen MR) is 103 cm³/mol. The van der Waals surface area contributed by atoms with Gasteiger partial charge in [0.25, 0.3) is 5.91 Å². The Kier molecular flexibility index (Phi) is 7.53. The van der Waals surface area contributed by atoms with E-state index < -0.39 is 28.0 Å². The quantitative estimate of drug-likeness (QED) is 0.485. The number of anilines is 1. The number of amides is 1. The Bertz CT molecular complexity index is 898. The summed E-state index contributed by atoms with van der Waals surface area (Å²) >= 11 is 0. The van der Waals surface area contributed by atoms with Gasteiger partial charge in [0.05, 0.1) is 11.5 Å². The molecule has 0 aromatic heterocycles. The summed E-state index contributed by atoms with van der Waals surface area (Å²) in [6.07, 6.45) is -0.426. The number of sulfonamides is 1. The molecular formula is C19H22N2O6S. The van der Waals surface area contributed by atoms with E-state index in [-0.39, 0.29) is 11.3 Å². The van der Waals surface area contributed by atoms with Gasteiger partial charge >= 0.3 is 5.97 Å². The first-order valence-electron chi connectivity index (χ1n) is 8.57. The van der Waals surface area contributed by atoms with Gasteiger partial charge in [-0.05, 0) is 49.7 Å². The van der Waals surface area contributed by atoms with Crippen molar-refractivity contribution in [1.29, 1.82) is 0 Å². The van der Waals surface area contributed by atoms with Crippen LogP contribution in [0.4, 0.5) is 5.69 Å². The third-order valence-corrected chi connectivity index (χ3v) is 4.59. The van der Waals surface area contributed by atoms with Gasteiger partial charge in [0.2, 0.25) is 10.0 Å². The van der Waals surface area contributed by atoms with Gasteiger partial charge in [0, 0.05) is 12.1 Å². The first kappa shape index (κ1) is 21.4. The lowest BCUT2D eigenvalue weighted by molar-refractivity contribution is -0.153. The highest BCUT2D eigenvalue weighted by Crippen LogP contribution is 2.13. The number of ether oxygens (including phenoxy) is 2. The van der Waals surface area contributed by atoms with Gasteiger partial charge < -0.3 is 14.8 Å². The molecule has 8 nitrogen and oxygen atoms in total. The summed E-state index contributed by atoms with van der Waals surface area (Å²) in [6.45, 7) is 1.81. The maximum absolute atomic E-state index is 12.1. The third-order valence-electron chi connectivity index (χ3n) is 3.67. The van der Waals surface area contributed by atoms with Gasteiger partial charge in [-0.3, -0.25) is 9.59 Å². The molecule has 9 heteroatoms. The highest BCUT2D eigenvalue weighted by Gasteiger charge is 2.18. The second kappa shape index (κ2) is 9.86. The molecule has 0 saturated carbocycles. The normalized spacial score (nSPS) is 12.1. The highest BCUT2D eigenvalue weighted by molar-refractivity contribution is 7.89. The molecule has 2 rings (SSSR count). The van der Waals surface area contributed by atoms with E-state index in [9.17, 15) is 18.0 Å². The molecule has 1 amide bonds. The number of rotatable bonds is 9. The molecule has 1 unspecified atom stereocenters. The minimum Gasteiger partial charge on any atom is -0.494 e. The molecule has 0 heterocycles. The summed E-state index contributed by atoms with van der Waals surface area (Å²) in [5, 5.41) is 7.55. The highest BCUT2D eigenvalue weighted by atomic mass is 32.2. The monoisotopic (exact) mass is 406 g/mol. The van der Waals surface area contributed by atoms with Crippen molar-refractivity contribution in [1.82, 2.24) is 0 Å². The number of carbonyl (C=O) groups is 2. The molecule has 150 valence electrons. The van der Waals surface area contributed by atoms with Crippen molar-refractivity contribution < 1.29 is 27.5 Å². The average Bonchev–Trinajstić information content (AvgIpc) is 2.65. The summed E-state index contributed by atoms with van der Waals surface area (Å²) in [7, 11) is -3.80. The van der Waals surface area contributed by atoms with Crippen LogP contribution in [-0.2, 0) is 24.3 Å². The van der Waals surface area contributed by atoms with Crippen LogP contribution in [-0.4, -0.2) is 33.0 Å². The molecule has 0 fully saturated rings. The molecule has 2 aromatic rings. The van der Waals surface area contributed by atoms with E-state index in [4.69, 9.17) is 14.6 Å². The Hall–Kier alpha value is -2.91. The summed E-state index contributed by atoms with van der Waals surface area (Å²) in [4.78, 5) is 23.9. The van der Waals surface area contributed by atoms with Crippen LogP contribution < -0.4 is 15.2 Å². The number of para-hydroxylation sites is 1. The smallest absolute Gasteiger partial charge is 0.306 e. The summed E-state index contributed by atoms with van der Waals surface area (Å²) in [6, 6.07) is 14.6. The lowest BCUT2D eigenvalue weighted by atomic mass is 10.3. The molecule has 0 radical (unpaired) electrons. The molecule has 28 heavy (non-hydrogen) atoms. The first-order chi connectivity index (χ1) is 13.3. The largest absolute Gasteiger partial charge is 0.494 e. The number of primary sulfonamides is 1. The van der Waals surface area contributed by atoms with Crippen LogP contribution in [0.3, 0.4) is 0 Å². The van der Waals surface area contributed by atoms with Gasteiger partial charge in [0.15, 0.2) is 6.10 Å². The topological polar surface area (TPSA) is 125 Å². The fourth-order valence-electron chi connectivity index (χ4n) is 2.20. The van der Waals surface area contributed by atoms with Gasteiger partial charge in [0.1, 0.15) is 5.75 Å². The lowest BCUT2D eigenvalue weighted by Crippen LogP contribution is -2.30. The maximum atomic E-state index is 12.1. The molecule has 1 atom stereocenters. The molecule has 0 bridgehead atoms. The van der Waals surface area contributed by atoms with Crippen molar-refractivity contribution in [2.75, 3.05) is 11.9 Å². The molecule has 0 aliphatic rings. The Labute approximate surface area is 163 Å². The first-order valence-corrected chi connectivity index (χ1v) is 10.1. The van der Waals surface area contributed by atoms with Gasteiger partial charge in [-0.25, -0.2) is 13.6 Å². The fourth-order valence-corrected chi connectivity index (χ4v) is 2.72. The zero-order valence-corrected chi connectivity index (χ0v) is 16.1. The van der Waals surface area contributed by atoms with Gasteiger partial charge in [-0.15, -0.1) is 0 Å². The Morgan fingerprint density at radius 3 is 2.32 bits per heavy atom. The molecule has 0 spiro atoms. The van der Waals surface area contributed by atoms with Crippen LogP contribution in [0.2, 0.25) is 0 Å². The number of hydrogen-bond acceptors (Lipinski definition) is 6. The molecule has 0 aliphatic carbocycles. The van der Waals surface area contributed by atoms with Crippen LogP contribution in [0, 0.1) is 0 Å². The summed E-state index contributed by atoms with van der Waals surface area (Å²) in [5.41, 5.74) is 0.358. The molecular weight excluding hydrogens is 384 g/mol. The van der Waals surface area contributed by atoms with E-state index in [0.29, 0.717) is 18.7 Å². The Balaban J connectivity index is 1.73. The third kappa shape index (κ3) is 7.01. The average molecular weight is 406 g/mol. The minimum absolute atomic E-state index is 0.0669. The van der Waals surface area contributed by atoms with E-state index >= 15 is 0 Å². The van der Waals surface area contributed by atoms with Crippen molar-refractivity contribution in [2.45, 2.75) is 30.8 Å². The molecule has 2 aromatic carbocycles. The standard InChI is InChI=1S/C19H22N2O6S/c1-14(19(23)21-15-9-11-17(12-10-15)28(20,24)25)27-18(22)8-5-13-26-16-6-3-2-4-7-16/h2-4,6-7,9-12,14H,5,8,13H2,1H3,(H,21,23)(H2,20,24,25). The van der Waals surface area contributed by atoms with Crippen molar-refractivity contribution in [3.63, 3.8) is 0 Å². The Morgan fingerprint density at radius 2 is 1.71 bits per heavy atom. The summed E-state index contributed by atoms with van der Waals surface area (Å²) < 4.78 is 33.0. The molecule has 0 aliphatic heterocycles. The molecule has 3 N–H and O–H groups in total. The van der Waals surface area contributed by atoms with E-state index in [1.807, 2.05) is 30.3 Å². The minimum atomic E-state index is -3.80. The van der Waals surface area contributed by atoms with E-state index in [2.05, 4.69) is 5.32 Å². The van der Waals surface area contributed by atoms with Gasteiger partial charge in [-0.2, -0.15) is 0 Å². The van der Waals surface area contributed by atoms with Crippen molar-refractivity contribution in [3.05, 3.63) is 54.6 Å². The van der Waals surface area contributed by atoms with Gasteiger partial charge in [-0.1, -0.05) is 18.2 Å². The number of nitrogens with two attached hydrogens (primary N) is 1. The maximum Gasteiger partial charge on any atom is 0.306 e. The number of hydrogen-bond donors (Lipinski definition) is 2. The predicted octanol–water partition coefficient (Wildman–Crippen LogP) is 2.06. The van der Waals surface area contributed by atoms with E-state index in [1.165, 1.54) is 31.2 Å². The molecule has 0 saturated heterocycles. The van der Waals surface area contributed by atoms with Crippen molar-refractivity contribution in [3.8, 4) is 5.75 Å². The van der Waals surface area contributed by atoms with Crippen LogP contribution in [0.25, 0.3) is 0 Å². The lowest BCUT2D eigenvalue weighted by Gasteiger charge is -2.14. The van der Waals surface area contributed by atoms with E-state index in [1.54, 1.807) is 0 Å². The second-order valence-corrected chi connectivity index (χ2v) is 7.52. The zero-order valence-electron chi connectivity index (χ0n) is 15.3. The SMILES string of the molecule is CC(OC(=O)CCCOc1ccccc1)C(=O)Nc1ccc(S(N)(=O)=O)cc1. The van der Waals surface area contributed by atoms with Crippen LogP contribution in [0.5, 0.6) is 5.75 Å². The van der Waals surface area contributed by atoms with Crippen LogP contribution in [0.1, 0.15) is 19.8 Å². The van der Waals surface area contributed by atoms with Crippen molar-refractivity contribution in [2.24, 2.45) is 5.14 Å². The fraction of sp³-hybridized carbons (Fsp3) is 0.263. The van der Waals surface area contributed by atoms with E-state index in [0.717, 1.165) is 5.75 Å².